The minimum Gasteiger partial charge on any atom is -0.491 e. The SMILES string of the molecule is COCCOc1cccc(C#Cc2ccc3/c(=N\O)cc(-c4cc5ccccc5cn4)oc3c2)c1. The molecule has 5 aromatic rings. The fourth-order valence-corrected chi connectivity index (χ4v) is 3.72. The topological polar surface area (TPSA) is 77.1 Å². The first kappa shape index (κ1) is 22.2. The van der Waals surface area contributed by atoms with E-state index in [1.807, 2.05) is 72.8 Å². The maximum absolute atomic E-state index is 9.62. The lowest BCUT2D eigenvalue weighted by molar-refractivity contribution is 0.146. The summed E-state index contributed by atoms with van der Waals surface area (Å²) < 4.78 is 16.8. The molecule has 3 aromatic carbocycles. The van der Waals surface area contributed by atoms with E-state index in [2.05, 4.69) is 22.0 Å². The standard InChI is InChI=1S/C29H22N2O4/c1-33-13-14-34-24-8-4-5-20(15-24)9-10-21-11-12-25-26(31-32)18-29(35-28(25)16-21)27-17-22-6-2-3-7-23(22)19-30-27/h2-8,11-12,15-19,32H,13-14H2,1H3/b31-26-. The summed E-state index contributed by atoms with van der Waals surface area (Å²) in [4.78, 5) is 4.53. The average molecular weight is 463 g/mol. The molecule has 0 amide bonds. The number of aromatic nitrogens is 1. The molecule has 35 heavy (non-hydrogen) atoms. The van der Waals surface area contributed by atoms with Crippen LogP contribution in [0.5, 0.6) is 5.75 Å². The summed E-state index contributed by atoms with van der Waals surface area (Å²) in [6.07, 6.45) is 1.80. The molecule has 2 heterocycles. The van der Waals surface area contributed by atoms with Crippen LogP contribution in [0.15, 0.2) is 94.6 Å². The zero-order valence-corrected chi connectivity index (χ0v) is 19.1. The zero-order valence-electron chi connectivity index (χ0n) is 19.1. The van der Waals surface area contributed by atoms with Gasteiger partial charge in [0, 0.05) is 41.3 Å². The van der Waals surface area contributed by atoms with Crippen LogP contribution in [0.3, 0.4) is 0 Å². The molecule has 0 saturated carbocycles. The van der Waals surface area contributed by atoms with Crippen molar-refractivity contribution < 1.29 is 19.1 Å². The summed E-state index contributed by atoms with van der Waals surface area (Å²) in [5, 5.41) is 16.2. The lowest BCUT2D eigenvalue weighted by Gasteiger charge is -2.06. The van der Waals surface area contributed by atoms with E-state index in [0.717, 1.165) is 27.6 Å². The van der Waals surface area contributed by atoms with Gasteiger partial charge in [0.25, 0.3) is 0 Å². The number of rotatable bonds is 5. The summed E-state index contributed by atoms with van der Waals surface area (Å²) in [6, 6.07) is 24.7. The summed E-state index contributed by atoms with van der Waals surface area (Å²) in [5.74, 6) is 7.57. The predicted octanol–water partition coefficient (Wildman–Crippen LogP) is 5.36. The van der Waals surface area contributed by atoms with Gasteiger partial charge in [-0.3, -0.25) is 4.98 Å². The van der Waals surface area contributed by atoms with Crippen LogP contribution < -0.4 is 10.1 Å². The van der Waals surface area contributed by atoms with Crippen molar-refractivity contribution in [1.29, 1.82) is 0 Å². The fourth-order valence-electron chi connectivity index (χ4n) is 3.72. The molecule has 0 unspecified atom stereocenters. The molecule has 0 fully saturated rings. The van der Waals surface area contributed by atoms with Gasteiger partial charge in [-0.2, -0.15) is 0 Å². The first-order chi connectivity index (χ1) is 17.2. The van der Waals surface area contributed by atoms with E-state index in [4.69, 9.17) is 13.9 Å². The first-order valence-corrected chi connectivity index (χ1v) is 11.1. The monoisotopic (exact) mass is 462 g/mol. The van der Waals surface area contributed by atoms with Crippen molar-refractivity contribution in [3.63, 3.8) is 0 Å². The van der Waals surface area contributed by atoms with Gasteiger partial charge in [0.15, 0.2) is 5.76 Å². The molecule has 2 aromatic heterocycles. The highest BCUT2D eigenvalue weighted by atomic mass is 16.5. The molecule has 0 aliphatic carbocycles. The van der Waals surface area contributed by atoms with Crippen molar-refractivity contribution in [2.24, 2.45) is 5.16 Å². The number of nitrogens with zero attached hydrogens (tertiary/aromatic N) is 2. The molecular formula is C29H22N2O4. The number of hydrogen-bond donors (Lipinski definition) is 1. The van der Waals surface area contributed by atoms with E-state index >= 15 is 0 Å². The Balaban J connectivity index is 1.50. The van der Waals surface area contributed by atoms with Crippen molar-refractivity contribution in [2.75, 3.05) is 20.3 Å². The smallest absolute Gasteiger partial charge is 0.155 e. The van der Waals surface area contributed by atoms with Gasteiger partial charge in [-0.05, 0) is 47.9 Å². The maximum atomic E-state index is 9.62. The van der Waals surface area contributed by atoms with E-state index in [9.17, 15) is 5.21 Å². The largest absolute Gasteiger partial charge is 0.491 e. The average Bonchev–Trinajstić information content (AvgIpc) is 2.91. The summed E-state index contributed by atoms with van der Waals surface area (Å²) >= 11 is 0. The Bertz CT molecular complexity index is 1640. The van der Waals surface area contributed by atoms with Crippen LogP contribution >= 0.6 is 0 Å². The minimum absolute atomic E-state index is 0.400. The third-order valence-corrected chi connectivity index (χ3v) is 5.48. The minimum atomic E-state index is 0.400. The molecule has 172 valence electrons. The molecule has 0 spiro atoms. The molecule has 0 bridgehead atoms. The van der Waals surface area contributed by atoms with Gasteiger partial charge in [0.2, 0.25) is 0 Å². The molecule has 0 saturated heterocycles. The van der Waals surface area contributed by atoms with Crippen LogP contribution in [-0.4, -0.2) is 30.5 Å². The molecule has 5 rings (SSSR count). The Kier molecular flexibility index (Phi) is 6.42. The quantitative estimate of drug-likeness (QED) is 0.165. The molecule has 0 aliphatic heterocycles. The Morgan fingerprint density at radius 2 is 1.71 bits per heavy atom. The lowest BCUT2D eigenvalue weighted by Crippen LogP contribution is -2.04. The number of methoxy groups -OCH3 is 1. The van der Waals surface area contributed by atoms with Crippen molar-refractivity contribution >= 4 is 21.7 Å². The second kappa shape index (κ2) is 10.1. The number of fused-ring (bicyclic) bond motifs is 2. The van der Waals surface area contributed by atoms with Crippen LogP contribution in [0.2, 0.25) is 0 Å². The summed E-state index contributed by atoms with van der Waals surface area (Å²) in [6.45, 7) is 1.00. The van der Waals surface area contributed by atoms with Gasteiger partial charge in [-0.1, -0.05) is 47.3 Å². The van der Waals surface area contributed by atoms with Crippen LogP contribution in [0.25, 0.3) is 33.2 Å². The van der Waals surface area contributed by atoms with Gasteiger partial charge in [-0.25, -0.2) is 0 Å². The molecule has 6 nitrogen and oxygen atoms in total. The Labute approximate surface area is 202 Å². The number of benzene rings is 3. The molecular weight excluding hydrogens is 440 g/mol. The van der Waals surface area contributed by atoms with Crippen LogP contribution in [-0.2, 0) is 4.74 Å². The third kappa shape index (κ3) is 5.01. The van der Waals surface area contributed by atoms with Crippen LogP contribution in [0.1, 0.15) is 11.1 Å². The van der Waals surface area contributed by atoms with Gasteiger partial charge in [0.1, 0.15) is 29.0 Å². The number of pyridine rings is 1. The Morgan fingerprint density at radius 3 is 2.54 bits per heavy atom. The van der Waals surface area contributed by atoms with E-state index in [0.29, 0.717) is 41.0 Å². The highest BCUT2D eigenvalue weighted by molar-refractivity contribution is 5.85. The molecule has 6 heteroatoms. The van der Waals surface area contributed by atoms with E-state index in [1.165, 1.54) is 0 Å². The van der Waals surface area contributed by atoms with Gasteiger partial charge < -0.3 is 19.1 Å². The summed E-state index contributed by atoms with van der Waals surface area (Å²) in [5.41, 5.74) is 2.79. The van der Waals surface area contributed by atoms with E-state index < -0.39 is 0 Å². The summed E-state index contributed by atoms with van der Waals surface area (Å²) in [7, 11) is 1.64. The highest BCUT2D eigenvalue weighted by Gasteiger charge is 2.09. The van der Waals surface area contributed by atoms with Crippen LogP contribution in [0, 0.1) is 11.8 Å². The van der Waals surface area contributed by atoms with Gasteiger partial charge >= 0.3 is 0 Å². The fraction of sp³-hybridized carbons (Fsp3) is 0.103. The van der Waals surface area contributed by atoms with Crippen LogP contribution in [0.4, 0.5) is 0 Å². The zero-order chi connectivity index (χ0) is 24.0. The second-order valence-corrected chi connectivity index (χ2v) is 7.84. The number of hydrogen-bond acceptors (Lipinski definition) is 6. The molecule has 0 atom stereocenters. The Morgan fingerprint density at radius 1 is 0.886 bits per heavy atom. The highest BCUT2D eigenvalue weighted by Crippen LogP contribution is 2.24. The van der Waals surface area contributed by atoms with Gasteiger partial charge in [-0.15, -0.1) is 0 Å². The van der Waals surface area contributed by atoms with E-state index in [1.54, 1.807) is 19.4 Å². The van der Waals surface area contributed by atoms with Crippen molar-refractivity contribution in [3.05, 3.63) is 102 Å². The van der Waals surface area contributed by atoms with Crippen molar-refractivity contribution in [2.45, 2.75) is 0 Å². The number of ether oxygens (including phenoxy) is 2. The molecule has 0 aliphatic rings. The first-order valence-electron chi connectivity index (χ1n) is 11.1. The molecule has 1 N–H and O–H groups in total. The normalized spacial score (nSPS) is 11.4. The third-order valence-electron chi connectivity index (χ3n) is 5.48. The lowest BCUT2D eigenvalue weighted by atomic mass is 10.1. The van der Waals surface area contributed by atoms with Gasteiger partial charge in [0.05, 0.1) is 6.61 Å². The Hall–Kier alpha value is -4.60. The van der Waals surface area contributed by atoms with Crippen molar-refractivity contribution in [3.8, 4) is 29.0 Å². The predicted molar refractivity (Wildman–Crippen MR) is 134 cm³/mol. The second-order valence-electron chi connectivity index (χ2n) is 7.84. The maximum Gasteiger partial charge on any atom is 0.155 e. The molecule has 0 radical (unpaired) electrons. The van der Waals surface area contributed by atoms with E-state index in [-0.39, 0.29) is 0 Å². The van der Waals surface area contributed by atoms with Crippen molar-refractivity contribution in [1.82, 2.24) is 4.98 Å².